The van der Waals surface area contributed by atoms with E-state index in [2.05, 4.69) is 15.0 Å². The first kappa shape index (κ1) is 13.9. The number of H-pyrrole nitrogens is 1. The van der Waals surface area contributed by atoms with Crippen LogP contribution in [0, 0.1) is 5.82 Å². The molecule has 0 radical (unpaired) electrons. The minimum atomic E-state index is -0.935. The number of rotatable bonds is 3. The molecule has 2 aromatic heterocycles. The van der Waals surface area contributed by atoms with Crippen LogP contribution < -0.4 is 0 Å². The molecule has 4 heterocycles. The number of pyridine rings is 1. The summed E-state index contributed by atoms with van der Waals surface area (Å²) in [5.41, 5.74) is 0.681. The van der Waals surface area contributed by atoms with E-state index in [9.17, 15) is 9.18 Å². The van der Waals surface area contributed by atoms with Crippen molar-refractivity contribution < 1.29 is 15.7 Å². The van der Waals surface area contributed by atoms with E-state index in [4.69, 9.17) is 6.48 Å². The molecular formula is C17H17FN4O2. The van der Waals surface area contributed by atoms with Crippen molar-refractivity contribution in [2.24, 2.45) is 0 Å². The highest BCUT2D eigenvalue weighted by atomic mass is 19.1. The molecule has 2 aliphatic rings. The van der Waals surface area contributed by atoms with Crippen LogP contribution >= 0.6 is 0 Å². The summed E-state index contributed by atoms with van der Waals surface area (Å²) in [5.74, 6) is -0.257. The van der Waals surface area contributed by atoms with Gasteiger partial charge in [0, 0.05) is 17.8 Å². The average molecular weight is 329 g/mol. The summed E-state index contributed by atoms with van der Waals surface area (Å²) < 4.78 is 22.9. The number of halogens is 1. The summed E-state index contributed by atoms with van der Waals surface area (Å²) in [4.78, 5) is 25.0. The lowest BCUT2D eigenvalue weighted by molar-refractivity contribution is -0.129. The Hall–Kier alpha value is -2.54. The summed E-state index contributed by atoms with van der Waals surface area (Å²) >= 11 is 0. The monoisotopic (exact) mass is 329 g/mol. The van der Waals surface area contributed by atoms with Gasteiger partial charge in [0.2, 0.25) is 5.91 Å². The van der Waals surface area contributed by atoms with Crippen LogP contribution in [0.25, 0.3) is 11.3 Å². The summed E-state index contributed by atoms with van der Waals surface area (Å²) in [6, 6.07) is 0.241. The maximum atomic E-state index is 14.4. The third kappa shape index (κ3) is 2.32. The fraction of sp³-hybridized carbons (Fsp3) is 0.353. The molecule has 124 valence electrons. The lowest BCUT2D eigenvalue weighted by Gasteiger charge is -2.30. The molecule has 1 saturated heterocycles. The van der Waals surface area contributed by atoms with Gasteiger partial charge in [-0.15, -0.1) is 0 Å². The number of nitrogens with one attached hydrogen (secondary N) is 1. The van der Waals surface area contributed by atoms with Gasteiger partial charge in [0.05, 0.1) is 25.9 Å². The molecule has 1 amide bonds. The Bertz CT molecular complexity index is 868. The molecule has 0 saturated carbocycles. The van der Waals surface area contributed by atoms with Gasteiger partial charge in [0.15, 0.2) is 5.82 Å². The fourth-order valence-electron chi connectivity index (χ4n) is 3.37. The Balaban J connectivity index is 1.69. The largest absolute Gasteiger partial charge is 0.390 e. The Kier molecular flexibility index (Phi) is 3.37. The number of aromatic amines is 1. The van der Waals surface area contributed by atoms with Gasteiger partial charge in [-0.05, 0) is 31.4 Å². The number of nitrogens with zero attached hydrogens (tertiary/aromatic N) is 3. The van der Waals surface area contributed by atoms with Crippen LogP contribution in [0.4, 0.5) is 4.39 Å². The number of aliphatic hydroxyl groups excluding tert-OH is 1. The van der Waals surface area contributed by atoms with Crippen LogP contribution in [0.1, 0.15) is 38.2 Å². The second-order valence-corrected chi connectivity index (χ2v) is 5.89. The molecule has 0 spiro atoms. The van der Waals surface area contributed by atoms with Crippen molar-refractivity contribution in [3.8, 4) is 11.3 Å². The zero-order chi connectivity index (χ0) is 17.6. The average Bonchev–Trinajstić information content (AvgIpc) is 3.20. The molecule has 2 aliphatic heterocycles. The van der Waals surface area contributed by atoms with E-state index >= 15 is 0 Å². The zero-order valence-corrected chi connectivity index (χ0v) is 12.9. The number of aromatic nitrogens is 3. The highest BCUT2D eigenvalue weighted by molar-refractivity contribution is 5.89. The highest BCUT2D eigenvalue weighted by Crippen LogP contribution is 2.38. The number of hydrogen-bond donors (Lipinski definition) is 2. The normalized spacial score (nSPS) is 26.6. The molecule has 7 heteroatoms. The van der Waals surface area contributed by atoms with Crippen LogP contribution in [-0.2, 0) is 11.4 Å². The Labute approximate surface area is 139 Å². The summed E-state index contributed by atoms with van der Waals surface area (Å²) in [5, 5.41) is 9.15. The van der Waals surface area contributed by atoms with Crippen molar-refractivity contribution in [1.29, 1.82) is 0 Å². The van der Waals surface area contributed by atoms with Crippen molar-refractivity contribution in [2.45, 2.75) is 37.9 Å². The molecule has 2 unspecified atom stereocenters. The van der Waals surface area contributed by atoms with Crippen LogP contribution in [-0.4, -0.2) is 36.9 Å². The molecule has 0 aliphatic carbocycles. The molecule has 1 fully saturated rings. The molecule has 0 aromatic carbocycles. The second-order valence-electron chi connectivity index (χ2n) is 5.89. The minimum absolute atomic E-state index is 0.0314. The predicted molar refractivity (Wildman–Crippen MR) is 84.1 cm³/mol. The molecule has 2 N–H and O–H groups in total. The second kappa shape index (κ2) is 5.83. The van der Waals surface area contributed by atoms with Gasteiger partial charge in [-0.3, -0.25) is 9.78 Å². The summed E-state index contributed by atoms with van der Waals surface area (Å²) in [7, 11) is 0. The van der Waals surface area contributed by atoms with Crippen LogP contribution in [0.15, 0.2) is 30.6 Å². The molecular weight excluding hydrogens is 311 g/mol. The Morgan fingerprint density at radius 2 is 2.33 bits per heavy atom. The van der Waals surface area contributed by atoms with Gasteiger partial charge in [0.1, 0.15) is 11.5 Å². The van der Waals surface area contributed by atoms with Gasteiger partial charge in [-0.2, -0.15) is 0 Å². The van der Waals surface area contributed by atoms with Crippen LogP contribution in [0.2, 0.25) is 0 Å². The fourth-order valence-corrected chi connectivity index (χ4v) is 3.37. The van der Waals surface area contributed by atoms with Crippen molar-refractivity contribution in [2.75, 3.05) is 0 Å². The highest BCUT2D eigenvalue weighted by Gasteiger charge is 2.39. The van der Waals surface area contributed by atoms with Gasteiger partial charge < -0.3 is 15.0 Å². The van der Waals surface area contributed by atoms with Crippen molar-refractivity contribution in [3.63, 3.8) is 0 Å². The first-order chi connectivity index (χ1) is 12.0. The minimum Gasteiger partial charge on any atom is -0.390 e. The molecule has 2 aromatic rings. The van der Waals surface area contributed by atoms with Crippen LogP contribution in [0.3, 0.4) is 0 Å². The number of hydrogen-bond acceptors (Lipinski definition) is 4. The number of imidazole rings is 1. The molecule has 2 atom stereocenters. The van der Waals surface area contributed by atoms with E-state index in [1.54, 1.807) is 11.0 Å². The van der Waals surface area contributed by atoms with Crippen molar-refractivity contribution in [3.05, 3.63) is 47.9 Å². The molecule has 0 bridgehead atoms. The molecule has 24 heavy (non-hydrogen) atoms. The molecule has 6 nitrogen and oxygen atoms in total. The number of amides is 1. The summed E-state index contributed by atoms with van der Waals surface area (Å²) in [6.07, 6.45) is 7.86. The smallest absolute Gasteiger partial charge is 0.247 e. The van der Waals surface area contributed by atoms with E-state index in [0.29, 0.717) is 30.8 Å². The van der Waals surface area contributed by atoms with E-state index in [-0.39, 0.29) is 23.2 Å². The number of carbonyl (C=O) groups excluding carboxylic acids is 1. The quantitative estimate of drug-likeness (QED) is 0.903. The lowest BCUT2D eigenvalue weighted by Crippen LogP contribution is -2.38. The van der Waals surface area contributed by atoms with E-state index in [1.807, 2.05) is 0 Å². The van der Waals surface area contributed by atoms with E-state index < -0.39 is 18.4 Å². The van der Waals surface area contributed by atoms with Crippen molar-refractivity contribution >= 4 is 5.91 Å². The number of fused-ring (bicyclic) bond motifs is 1. The SMILES string of the molecule is [2H]C12CC=CC(=O)N1C(c1ncc(-c3ccnc(CO)c3F)[nH]1)CC2. The third-order valence-corrected chi connectivity index (χ3v) is 4.52. The Morgan fingerprint density at radius 3 is 3.17 bits per heavy atom. The Morgan fingerprint density at radius 1 is 1.46 bits per heavy atom. The van der Waals surface area contributed by atoms with Crippen LogP contribution in [0.5, 0.6) is 0 Å². The third-order valence-electron chi connectivity index (χ3n) is 4.52. The summed E-state index contributed by atoms with van der Waals surface area (Å²) in [6.45, 7) is -0.487. The number of carbonyl (C=O) groups is 1. The van der Waals surface area contributed by atoms with Gasteiger partial charge in [-0.1, -0.05) is 6.08 Å². The number of aliphatic hydroxyl groups is 1. The van der Waals surface area contributed by atoms with Crippen molar-refractivity contribution in [1.82, 2.24) is 19.9 Å². The zero-order valence-electron chi connectivity index (χ0n) is 13.9. The predicted octanol–water partition coefficient (Wildman–Crippen LogP) is 2.10. The maximum Gasteiger partial charge on any atom is 0.247 e. The first-order valence-electron chi connectivity index (χ1n) is 8.33. The van der Waals surface area contributed by atoms with Gasteiger partial charge >= 0.3 is 0 Å². The van der Waals surface area contributed by atoms with E-state index in [0.717, 1.165) is 0 Å². The van der Waals surface area contributed by atoms with Gasteiger partial charge in [0.25, 0.3) is 0 Å². The standard InChI is InChI=1S/C17H17FN4O2/c18-16-11(6-7-19-13(16)9-23)12-8-20-17(21-12)14-5-4-10-2-1-3-15(24)22(10)14/h1,3,6-8,10,14,23H,2,4-5,9H2,(H,20,21)/i10D. The topological polar surface area (TPSA) is 82.1 Å². The van der Waals surface area contributed by atoms with Gasteiger partial charge in [-0.25, -0.2) is 9.37 Å². The lowest BCUT2D eigenvalue weighted by atomic mass is 10.1. The molecule has 4 rings (SSSR count). The first-order valence-corrected chi connectivity index (χ1v) is 7.83. The van der Waals surface area contributed by atoms with E-state index in [1.165, 1.54) is 24.5 Å². The maximum absolute atomic E-state index is 14.4.